The molecule has 39 heavy (non-hydrogen) atoms. The summed E-state index contributed by atoms with van der Waals surface area (Å²) in [4.78, 5) is 27.3. The largest absolute Gasteiger partial charge is 0.503 e. The van der Waals surface area contributed by atoms with Gasteiger partial charge in [0.25, 0.3) is 0 Å². The molecule has 0 bridgehead atoms. The molecule has 0 unspecified atom stereocenters. The molecular weight excluding hydrogens is 538 g/mol. The van der Waals surface area contributed by atoms with Crippen molar-refractivity contribution >= 4 is 35.1 Å². The van der Waals surface area contributed by atoms with E-state index >= 15 is 0 Å². The number of allylic oxidation sites excluding steroid dienone is 3. The average molecular weight is 572 g/mol. The number of nitrogens with one attached hydrogen (secondary N) is 1. The molecular formula is C30H34ClNO6S. The van der Waals surface area contributed by atoms with Crippen LogP contribution in [0.1, 0.15) is 56.6 Å². The number of hydrogen-bond acceptors (Lipinski definition) is 8. The van der Waals surface area contributed by atoms with Crippen LogP contribution >= 0.6 is 23.4 Å². The molecule has 0 aromatic heterocycles. The third-order valence-electron chi connectivity index (χ3n) is 6.98. The highest BCUT2D eigenvalue weighted by molar-refractivity contribution is 7.99. The third kappa shape index (κ3) is 6.23. The number of phenols is 1. The van der Waals surface area contributed by atoms with E-state index in [-0.39, 0.29) is 34.8 Å². The SMILES string of the molecule is CCOc1cc([C@H]2C(C(=O)OCCSCC)=C(C)NC3=C2C(=O)C[C@@H](c2ccc(OC)cc2)C3)cc(Cl)c1O. The van der Waals surface area contributed by atoms with Gasteiger partial charge in [0.15, 0.2) is 17.3 Å². The Balaban J connectivity index is 1.77. The fourth-order valence-corrected chi connectivity index (χ4v) is 5.91. The Kier molecular flexibility index (Phi) is 9.51. The van der Waals surface area contributed by atoms with Gasteiger partial charge in [-0.3, -0.25) is 4.79 Å². The second-order valence-corrected chi connectivity index (χ2v) is 11.2. The molecule has 0 fully saturated rings. The Morgan fingerprint density at radius 1 is 1.15 bits per heavy atom. The van der Waals surface area contributed by atoms with Crippen molar-refractivity contribution < 1.29 is 28.9 Å². The molecule has 2 aromatic rings. The maximum absolute atomic E-state index is 13.8. The zero-order valence-electron chi connectivity index (χ0n) is 22.6. The van der Waals surface area contributed by atoms with Gasteiger partial charge < -0.3 is 24.6 Å². The lowest BCUT2D eigenvalue weighted by Gasteiger charge is -2.37. The number of benzene rings is 2. The zero-order chi connectivity index (χ0) is 28.1. The van der Waals surface area contributed by atoms with Crippen molar-refractivity contribution in [2.45, 2.75) is 45.4 Å². The minimum absolute atomic E-state index is 0.0231. The van der Waals surface area contributed by atoms with Gasteiger partial charge in [0, 0.05) is 35.1 Å². The normalized spacial score (nSPS) is 18.9. The fraction of sp³-hybridized carbons (Fsp3) is 0.400. The van der Waals surface area contributed by atoms with Crippen LogP contribution in [-0.2, 0) is 14.3 Å². The molecule has 0 spiro atoms. The number of rotatable bonds is 10. The predicted molar refractivity (Wildman–Crippen MR) is 154 cm³/mol. The van der Waals surface area contributed by atoms with E-state index in [0.717, 1.165) is 22.8 Å². The van der Waals surface area contributed by atoms with Crippen LogP contribution in [0.3, 0.4) is 0 Å². The Bertz CT molecular complexity index is 1300. The van der Waals surface area contributed by atoms with Crippen LogP contribution in [0.15, 0.2) is 58.9 Å². The summed E-state index contributed by atoms with van der Waals surface area (Å²) in [5, 5.41) is 13.9. The van der Waals surface area contributed by atoms with Gasteiger partial charge in [-0.05, 0) is 67.3 Å². The lowest BCUT2D eigenvalue weighted by atomic mass is 9.71. The molecule has 0 radical (unpaired) electrons. The van der Waals surface area contributed by atoms with Crippen LogP contribution < -0.4 is 14.8 Å². The van der Waals surface area contributed by atoms with E-state index in [1.165, 1.54) is 0 Å². The summed E-state index contributed by atoms with van der Waals surface area (Å²) >= 11 is 8.09. The fourth-order valence-electron chi connectivity index (χ4n) is 5.20. The van der Waals surface area contributed by atoms with E-state index in [9.17, 15) is 14.7 Å². The van der Waals surface area contributed by atoms with Crippen LogP contribution in [0.2, 0.25) is 5.02 Å². The highest BCUT2D eigenvalue weighted by Crippen LogP contribution is 2.48. The minimum Gasteiger partial charge on any atom is -0.503 e. The van der Waals surface area contributed by atoms with E-state index in [1.807, 2.05) is 38.1 Å². The summed E-state index contributed by atoms with van der Waals surface area (Å²) in [7, 11) is 1.62. The summed E-state index contributed by atoms with van der Waals surface area (Å²) < 4.78 is 16.6. The molecule has 0 saturated carbocycles. The highest BCUT2D eigenvalue weighted by atomic mass is 35.5. The van der Waals surface area contributed by atoms with Crippen molar-refractivity contribution in [3.63, 3.8) is 0 Å². The van der Waals surface area contributed by atoms with Gasteiger partial charge in [-0.25, -0.2) is 4.79 Å². The number of thioether (sulfide) groups is 1. The first-order chi connectivity index (χ1) is 18.8. The molecule has 208 valence electrons. The van der Waals surface area contributed by atoms with Gasteiger partial charge in [-0.1, -0.05) is 30.7 Å². The number of hydrogen-bond donors (Lipinski definition) is 2. The van der Waals surface area contributed by atoms with Crippen molar-refractivity contribution in [1.82, 2.24) is 5.32 Å². The van der Waals surface area contributed by atoms with Crippen LogP contribution in [0.4, 0.5) is 0 Å². The van der Waals surface area contributed by atoms with E-state index in [0.29, 0.717) is 47.6 Å². The first-order valence-electron chi connectivity index (χ1n) is 13.1. The third-order valence-corrected chi connectivity index (χ3v) is 8.14. The van der Waals surface area contributed by atoms with Crippen LogP contribution in [0.25, 0.3) is 0 Å². The maximum atomic E-state index is 13.8. The molecule has 2 aromatic carbocycles. The number of dihydropyridines is 1. The van der Waals surface area contributed by atoms with Gasteiger partial charge in [0.1, 0.15) is 12.4 Å². The summed E-state index contributed by atoms with van der Waals surface area (Å²) in [5.74, 6) is 1.10. The second kappa shape index (κ2) is 12.8. The quantitative estimate of drug-likeness (QED) is 0.260. The van der Waals surface area contributed by atoms with Gasteiger partial charge in [-0.15, -0.1) is 0 Å². The molecule has 0 amide bonds. The predicted octanol–water partition coefficient (Wildman–Crippen LogP) is 6.11. The van der Waals surface area contributed by atoms with Crippen LogP contribution in [0, 0.1) is 0 Å². The molecule has 1 heterocycles. The van der Waals surface area contributed by atoms with Crippen molar-refractivity contribution in [2.24, 2.45) is 0 Å². The first kappa shape index (κ1) is 28.9. The van der Waals surface area contributed by atoms with E-state index < -0.39 is 11.9 Å². The summed E-state index contributed by atoms with van der Waals surface area (Å²) in [6, 6.07) is 11.0. The lowest BCUT2D eigenvalue weighted by molar-refractivity contribution is -0.138. The molecule has 2 atom stereocenters. The molecule has 2 aliphatic rings. The van der Waals surface area contributed by atoms with Gasteiger partial charge in [-0.2, -0.15) is 11.8 Å². The number of methoxy groups -OCH3 is 1. The zero-order valence-corrected chi connectivity index (χ0v) is 24.2. The van der Waals surface area contributed by atoms with Crippen molar-refractivity contribution in [2.75, 3.05) is 31.8 Å². The Hall–Kier alpha value is -3.10. The summed E-state index contributed by atoms with van der Waals surface area (Å²) in [6.45, 7) is 6.25. The standard InChI is InChI=1S/C30H34ClNO6S/c1-5-37-25-16-20(13-22(31)29(25)34)27-26(30(35)38-11-12-39-6-2)17(3)32-23-14-19(15-24(33)28(23)27)18-7-9-21(36-4)10-8-18/h7-10,13,16,19,27,32,34H,5-6,11-12,14-15H2,1-4H3/t19-,27-/m0/s1. The van der Waals surface area contributed by atoms with E-state index in [4.69, 9.17) is 25.8 Å². The number of carbonyl (C=O) groups is 2. The summed E-state index contributed by atoms with van der Waals surface area (Å²) in [6.07, 6.45) is 0.892. The highest BCUT2D eigenvalue weighted by Gasteiger charge is 2.42. The molecule has 0 saturated heterocycles. The molecule has 1 aliphatic heterocycles. The number of Topliss-reactive ketones (excluding diaryl/α,β-unsaturated/α-hetero) is 1. The number of ether oxygens (including phenoxy) is 3. The van der Waals surface area contributed by atoms with Crippen LogP contribution in [0.5, 0.6) is 17.2 Å². The molecule has 2 N–H and O–H groups in total. The number of esters is 1. The number of carbonyl (C=O) groups excluding carboxylic acids is 2. The van der Waals surface area contributed by atoms with E-state index in [2.05, 4.69) is 5.32 Å². The lowest BCUT2D eigenvalue weighted by Crippen LogP contribution is -2.36. The average Bonchev–Trinajstić information content (AvgIpc) is 2.92. The number of aromatic hydroxyl groups is 1. The number of ketones is 1. The maximum Gasteiger partial charge on any atom is 0.336 e. The first-order valence-corrected chi connectivity index (χ1v) is 14.6. The van der Waals surface area contributed by atoms with E-state index in [1.54, 1.807) is 37.9 Å². The van der Waals surface area contributed by atoms with Crippen molar-refractivity contribution in [3.05, 3.63) is 75.1 Å². The van der Waals surface area contributed by atoms with Crippen LogP contribution in [-0.4, -0.2) is 48.7 Å². The molecule has 4 rings (SSSR count). The Morgan fingerprint density at radius 2 is 1.90 bits per heavy atom. The molecule has 9 heteroatoms. The molecule has 1 aliphatic carbocycles. The number of halogens is 1. The second-order valence-electron chi connectivity index (χ2n) is 9.41. The molecule has 7 nitrogen and oxygen atoms in total. The van der Waals surface area contributed by atoms with Crippen molar-refractivity contribution in [1.29, 1.82) is 0 Å². The summed E-state index contributed by atoms with van der Waals surface area (Å²) in [5.41, 5.74) is 3.90. The number of phenolic OH excluding ortho intramolecular Hbond substituents is 1. The van der Waals surface area contributed by atoms with Gasteiger partial charge in [0.05, 0.1) is 24.3 Å². The van der Waals surface area contributed by atoms with Gasteiger partial charge >= 0.3 is 5.97 Å². The van der Waals surface area contributed by atoms with Gasteiger partial charge in [0.2, 0.25) is 0 Å². The minimum atomic E-state index is -0.714. The topological polar surface area (TPSA) is 94.1 Å². The smallest absolute Gasteiger partial charge is 0.336 e. The monoisotopic (exact) mass is 571 g/mol. The van der Waals surface area contributed by atoms with Crippen molar-refractivity contribution in [3.8, 4) is 17.2 Å². The Labute approximate surface area is 238 Å². The Morgan fingerprint density at radius 3 is 2.56 bits per heavy atom.